The summed E-state index contributed by atoms with van der Waals surface area (Å²) in [6.07, 6.45) is 0. The number of amides is 1. The summed E-state index contributed by atoms with van der Waals surface area (Å²) in [6.45, 7) is 6.32. The molecule has 0 aliphatic carbocycles. The van der Waals surface area contributed by atoms with Crippen LogP contribution in [0.15, 0.2) is 62.6 Å². The number of hydrogen-bond acceptors (Lipinski definition) is 7. The first-order valence-electron chi connectivity index (χ1n) is 10.6. The van der Waals surface area contributed by atoms with Crippen LogP contribution in [0.5, 0.6) is 0 Å². The summed E-state index contributed by atoms with van der Waals surface area (Å²) in [5.74, 6) is -1.45. The average Bonchev–Trinajstić information content (AvgIpc) is 2.75. The maximum atomic E-state index is 12.8. The van der Waals surface area contributed by atoms with Gasteiger partial charge in [-0.05, 0) is 37.1 Å². The molecular formula is C24H26N2O7S. The van der Waals surface area contributed by atoms with Crippen LogP contribution in [0.25, 0.3) is 11.0 Å². The van der Waals surface area contributed by atoms with Crippen molar-refractivity contribution in [3.63, 3.8) is 0 Å². The zero-order chi connectivity index (χ0) is 25.0. The lowest BCUT2D eigenvalue weighted by molar-refractivity contribution is -0.148. The summed E-state index contributed by atoms with van der Waals surface area (Å²) in [5.41, 5.74) is 1.30. The molecule has 3 rings (SSSR count). The normalized spacial score (nSPS) is 12.5. The average molecular weight is 487 g/mol. The number of aryl methyl sites for hydroxylation is 1. The summed E-state index contributed by atoms with van der Waals surface area (Å²) in [4.78, 5) is 36.1. The van der Waals surface area contributed by atoms with Crippen molar-refractivity contribution in [1.29, 1.82) is 0 Å². The molecule has 3 aromatic rings. The Morgan fingerprint density at radius 3 is 2.35 bits per heavy atom. The van der Waals surface area contributed by atoms with Crippen LogP contribution in [-0.4, -0.2) is 26.3 Å². The van der Waals surface area contributed by atoms with E-state index < -0.39 is 33.6 Å². The second-order valence-corrected chi connectivity index (χ2v) is 9.96. The van der Waals surface area contributed by atoms with Gasteiger partial charge in [-0.25, -0.2) is 13.2 Å². The largest absolute Gasteiger partial charge is 0.460 e. The van der Waals surface area contributed by atoms with Gasteiger partial charge in [-0.15, -0.1) is 0 Å². The van der Waals surface area contributed by atoms with Crippen molar-refractivity contribution in [2.24, 2.45) is 5.92 Å². The minimum atomic E-state index is -3.96. The Balaban J connectivity index is 1.80. The molecule has 0 aliphatic rings. The highest BCUT2D eigenvalue weighted by atomic mass is 32.2. The number of sulfonamides is 1. The molecule has 1 aromatic heterocycles. The molecule has 180 valence electrons. The number of carbonyl (C=O) groups is 2. The second-order valence-electron chi connectivity index (χ2n) is 8.25. The number of rotatable bonds is 8. The number of esters is 1. The highest BCUT2D eigenvalue weighted by molar-refractivity contribution is 7.89. The Morgan fingerprint density at radius 2 is 1.74 bits per heavy atom. The fraction of sp³-hybridized carbons (Fsp3) is 0.292. The van der Waals surface area contributed by atoms with Gasteiger partial charge in [0.25, 0.3) is 0 Å². The Morgan fingerprint density at radius 1 is 1.06 bits per heavy atom. The van der Waals surface area contributed by atoms with E-state index in [0.717, 1.165) is 5.56 Å². The van der Waals surface area contributed by atoms with E-state index in [1.54, 1.807) is 38.1 Å². The molecule has 9 nitrogen and oxygen atoms in total. The minimum absolute atomic E-state index is 0.0400. The molecule has 0 spiro atoms. The molecule has 0 saturated heterocycles. The summed E-state index contributed by atoms with van der Waals surface area (Å²) < 4.78 is 38.5. The summed E-state index contributed by atoms with van der Waals surface area (Å²) in [6, 6.07) is 11.1. The summed E-state index contributed by atoms with van der Waals surface area (Å²) in [5, 5.41) is 3.12. The molecule has 0 bridgehead atoms. The molecule has 0 fully saturated rings. The lowest BCUT2D eigenvalue weighted by Crippen LogP contribution is -2.45. The Bertz CT molecular complexity index is 1380. The van der Waals surface area contributed by atoms with Crippen molar-refractivity contribution in [3.05, 3.63) is 70.1 Å². The molecule has 0 radical (unpaired) electrons. The van der Waals surface area contributed by atoms with Gasteiger partial charge in [0.05, 0.1) is 4.90 Å². The maximum Gasteiger partial charge on any atom is 0.336 e. The molecule has 2 aromatic carbocycles. The molecule has 2 N–H and O–H groups in total. The molecule has 0 aliphatic heterocycles. The summed E-state index contributed by atoms with van der Waals surface area (Å²) in [7, 11) is -3.96. The fourth-order valence-electron chi connectivity index (χ4n) is 3.28. The third-order valence-electron chi connectivity index (χ3n) is 5.05. The smallest absolute Gasteiger partial charge is 0.336 e. The number of nitrogens with one attached hydrogen (secondary N) is 2. The number of carbonyl (C=O) groups excluding carboxylic acids is 2. The van der Waals surface area contributed by atoms with Crippen LogP contribution < -0.4 is 15.7 Å². The second kappa shape index (κ2) is 10.2. The van der Waals surface area contributed by atoms with Crippen LogP contribution >= 0.6 is 0 Å². The highest BCUT2D eigenvalue weighted by Crippen LogP contribution is 2.22. The lowest BCUT2D eigenvalue weighted by Gasteiger charge is -2.21. The maximum absolute atomic E-state index is 12.8. The first-order chi connectivity index (χ1) is 16.0. The van der Waals surface area contributed by atoms with E-state index in [9.17, 15) is 22.8 Å². The molecule has 1 heterocycles. The Hall–Kier alpha value is -3.50. The molecule has 34 heavy (non-hydrogen) atoms. The molecule has 1 atom stereocenters. The van der Waals surface area contributed by atoms with Crippen LogP contribution in [0.1, 0.15) is 31.9 Å². The van der Waals surface area contributed by atoms with Gasteiger partial charge >= 0.3 is 11.6 Å². The van der Waals surface area contributed by atoms with E-state index in [0.29, 0.717) is 16.6 Å². The van der Waals surface area contributed by atoms with Crippen molar-refractivity contribution >= 4 is 38.6 Å². The highest BCUT2D eigenvalue weighted by Gasteiger charge is 2.30. The van der Waals surface area contributed by atoms with Crippen LogP contribution in [0, 0.1) is 12.8 Å². The Kier molecular flexibility index (Phi) is 7.53. The standard InChI is InChI=1S/C24H26N2O7S/c1-14(2)23(26-34(30,31)19-8-5-15(3)6-9-19)24(29)32-13-17-11-22(28)33-21-12-18(25-16(4)27)7-10-20(17)21/h5-12,14,23,26H,13H2,1-4H3,(H,25,27)/t23-/m1/s1. The van der Waals surface area contributed by atoms with Crippen molar-refractivity contribution in [2.45, 2.75) is 45.2 Å². The monoisotopic (exact) mass is 486 g/mol. The molecular weight excluding hydrogens is 460 g/mol. The van der Waals surface area contributed by atoms with Gasteiger partial charge in [0, 0.05) is 35.7 Å². The van der Waals surface area contributed by atoms with Crippen LogP contribution in [0.4, 0.5) is 5.69 Å². The van der Waals surface area contributed by atoms with Gasteiger partial charge in [0.1, 0.15) is 18.2 Å². The van der Waals surface area contributed by atoms with Gasteiger partial charge in [-0.3, -0.25) is 9.59 Å². The molecule has 10 heteroatoms. The van der Waals surface area contributed by atoms with Gasteiger partial charge in [0.15, 0.2) is 0 Å². The van der Waals surface area contributed by atoms with Crippen LogP contribution in [0.2, 0.25) is 0 Å². The van der Waals surface area contributed by atoms with Gasteiger partial charge in [-0.2, -0.15) is 4.72 Å². The van der Waals surface area contributed by atoms with E-state index in [4.69, 9.17) is 9.15 Å². The summed E-state index contributed by atoms with van der Waals surface area (Å²) >= 11 is 0. The molecule has 1 amide bonds. The number of benzene rings is 2. The van der Waals surface area contributed by atoms with Crippen molar-refractivity contribution < 1.29 is 27.2 Å². The van der Waals surface area contributed by atoms with Crippen molar-refractivity contribution in [1.82, 2.24) is 4.72 Å². The van der Waals surface area contributed by atoms with E-state index in [1.807, 2.05) is 6.92 Å². The van der Waals surface area contributed by atoms with E-state index >= 15 is 0 Å². The number of ether oxygens (including phenoxy) is 1. The van der Waals surface area contributed by atoms with Gasteiger partial charge in [0.2, 0.25) is 15.9 Å². The topological polar surface area (TPSA) is 132 Å². The Labute approximate surface area is 197 Å². The third-order valence-corrected chi connectivity index (χ3v) is 6.51. The number of hydrogen-bond donors (Lipinski definition) is 2. The van der Waals surface area contributed by atoms with Crippen molar-refractivity contribution in [3.8, 4) is 0 Å². The number of fused-ring (bicyclic) bond motifs is 1. The van der Waals surface area contributed by atoms with Gasteiger partial charge < -0.3 is 14.5 Å². The predicted molar refractivity (Wildman–Crippen MR) is 127 cm³/mol. The fourth-order valence-corrected chi connectivity index (χ4v) is 4.61. The SMILES string of the molecule is CC(=O)Nc1ccc2c(COC(=O)[C@H](NS(=O)(=O)c3ccc(C)cc3)C(C)C)cc(=O)oc2c1. The zero-order valence-electron chi connectivity index (χ0n) is 19.2. The lowest BCUT2D eigenvalue weighted by atomic mass is 10.1. The minimum Gasteiger partial charge on any atom is -0.460 e. The first-order valence-corrected chi connectivity index (χ1v) is 12.0. The van der Waals surface area contributed by atoms with Crippen LogP contribution in [-0.2, 0) is 31.0 Å². The van der Waals surface area contributed by atoms with E-state index in [-0.39, 0.29) is 23.0 Å². The van der Waals surface area contributed by atoms with Crippen LogP contribution in [0.3, 0.4) is 0 Å². The number of anilines is 1. The van der Waals surface area contributed by atoms with E-state index in [1.165, 1.54) is 31.2 Å². The predicted octanol–water partition coefficient (Wildman–Crippen LogP) is 3.11. The third kappa shape index (κ3) is 6.09. The quantitative estimate of drug-likeness (QED) is 0.369. The van der Waals surface area contributed by atoms with E-state index in [2.05, 4.69) is 10.0 Å². The first kappa shape index (κ1) is 25.1. The molecule has 0 unspecified atom stereocenters. The molecule has 0 saturated carbocycles. The van der Waals surface area contributed by atoms with Crippen molar-refractivity contribution in [2.75, 3.05) is 5.32 Å². The zero-order valence-corrected chi connectivity index (χ0v) is 20.1. The van der Waals surface area contributed by atoms with Gasteiger partial charge in [-0.1, -0.05) is 31.5 Å².